The lowest BCUT2D eigenvalue weighted by Crippen LogP contribution is -2.49. The monoisotopic (exact) mass is 448 g/mol. The highest BCUT2D eigenvalue weighted by atomic mass is 79.9. The first-order valence-corrected chi connectivity index (χ1v) is 9.59. The number of rotatable bonds is 2. The first kappa shape index (κ1) is 18.1. The van der Waals surface area contributed by atoms with Gasteiger partial charge < -0.3 is 9.80 Å². The Balaban J connectivity index is 1.52. The minimum absolute atomic E-state index is 0.136. The van der Waals surface area contributed by atoms with Gasteiger partial charge in [0.1, 0.15) is 11.3 Å². The summed E-state index contributed by atoms with van der Waals surface area (Å²) in [6.07, 6.45) is 3.52. The Morgan fingerprint density at radius 1 is 1.11 bits per heavy atom. The van der Waals surface area contributed by atoms with Crippen molar-refractivity contribution in [2.75, 3.05) is 31.1 Å². The van der Waals surface area contributed by atoms with Gasteiger partial charge in [0.15, 0.2) is 0 Å². The van der Waals surface area contributed by atoms with Crippen molar-refractivity contribution in [3.05, 3.63) is 63.6 Å². The number of carbonyl (C=O) groups excluding carboxylic acids is 1. The number of carbonyl (C=O) groups is 1. The topological polar surface area (TPSA) is 49.3 Å². The van der Waals surface area contributed by atoms with Gasteiger partial charge in [-0.15, -0.1) is 0 Å². The number of anilines is 1. The normalized spacial score (nSPS) is 14.6. The highest BCUT2D eigenvalue weighted by Gasteiger charge is 2.25. The van der Waals surface area contributed by atoms with Gasteiger partial charge in [-0.05, 0) is 46.3 Å². The van der Waals surface area contributed by atoms with Gasteiger partial charge in [0.2, 0.25) is 0 Å². The van der Waals surface area contributed by atoms with E-state index in [0.29, 0.717) is 31.7 Å². The number of fused-ring (bicyclic) bond motifs is 1. The summed E-state index contributed by atoms with van der Waals surface area (Å²) in [6, 6.07) is 7.73. The molecule has 0 radical (unpaired) electrons. The van der Waals surface area contributed by atoms with E-state index < -0.39 is 5.82 Å². The number of hydrogen-bond acceptors (Lipinski definition) is 4. The minimum Gasteiger partial charge on any atom is -0.366 e. The number of nitrogens with zero attached hydrogens (tertiary/aromatic N) is 4. The van der Waals surface area contributed by atoms with Crippen molar-refractivity contribution in [3.63, 3.8) is 0 Å². The van der Waals surface area contributed by atoms with E-state index in [1.54, 1.807) is 17.3 Å². The van der Waals surface area contributed by atoms with Gasteiger partial charge in [-0.2, -0.15) is 0 Å². The Hall–Kier alpha value is -2.25. The molecule has 1 aliphatic rings. The predicted octanol–water partition coefficient (Wildman–Crippen LogP) is 4.15. The molecule has 0 unspecified atom stereocenters. The summed E-state index contributed by atoms with van der Waals surface area (Å²) in [6.45, 7) is 2.43. The highest BCUT2D eigenvalue weighted by molar-refractivity contribution is 9.10. The van der Waals surface area contributed by atoms with Crippen LogP contribution >= 0.6 is 27.5 Å². The van der Waals surface area contributed by atoms with Crippen LogP contribution in [0.1, 0.15) is 10.4 Å². The SMILES string of the molecule is O=C(c1ccc(F)cc1Cl)N1CCN(c2ccnc3cc(Br)cnc23)CC1. The molecular weight excluding hydrogens is 435 g/mol. The van der Waals surface area contributed by atoms with E-state index in [0.717, 1.165) is 27.3 Å². The maximum absolute atomic E-state index is 13.2. The highest BCUT2D eigenvalue weighted by Crippen LogP contribution is 2.27. The maximum Gasteiger partial charge on any atom is 0.255 e. The van der Waals surface area contributed by atoms with Crippen LogP contribution in [0.3, 0.4) is 0 Å². The second kappa shape index (κ2) is 7.40. The third-order valence-electron chi connectivity index (χ3n) is 4.59. The van der Waals surface area contributed by atoms with Gasteiger partial charge in [0.05, 0.1) is 21.8 Å². The number of halogens is 3. The molecule has 0 atom stereocenters. The van der Waals surface area contributed by atoms with E-state index in [-0.39, 0.29) is 10.9 Å². The molecule has 0 spiro atoms. The molecule has 0 aliphatic carbocycles. The van der Waals surface area contributed by atoms with Crippen molar-refractivity contribution < 1.29 is 9.18 Å². The predicted molar refractivity (Wildman–Crippen MR) is 107 cm³/mol. The van der Waals surface area contributed by atoms with E-state index in [4.69, 9.17) is 11.6 Å². The van der Waals surface area contributed by atoms with Crippen LogP contribution in [0, 0.1) is 5.82 Å². The molecule has 2 aromatic heterocycles. The van der Waals surface area contributed by atoms with Gasteiger partial charge >= 0.3 is 0 Å². The van der Waals surface area contributed by atoms with Crippen LogP contribution in [0.5, 0.6) is 0 Å². The Kier molecular flexibility index (Phi) is 4.97. The number of amides is 1. The molecular formula is C19H15BrClFN4O. The van der Waals surface area contributed by atoms with E-state index in [2.05, 4.69) is 30.8 Å². The molecule has 1 aliphatic heterocycles. The van der Waals surface area contributed by atoms with Crippen molar-refractivity contribution >= 4 is 50.2 Å². The van der Waals surface area contributed by atoms with Gasteiger partial charge in [0, 0.05) is 43.0 Å². The molecule has 27 heavy (non-hydrogen) atoms. The second-order valence-electron chi connectivity index (χ2n) is 6.25. The number of piperazine rings is 1. The molecule has 1 fully saturated rings. The van der Waals surface area contributed by atoms with Crippen molar-refractivity contribution in [3.8, 4) is 0 Å². The van der Waals surface area contributed by atoms with Gasteiger partial charge in [-0.3, -0.25) is 14.8 Å². The third-order valence-corrected chi connectivity index (χ3v) is 5.34. The lowest BCUT2D eigenvalue weighted by molar-refractivity contribution is 0.0747. The van der Waals surface area contributed by atoms with Crippen molar-refractivity contribution in [1.82, 2.24) is 14.9 Å². The van der Waals surface area contributed by atoms with E-state index in [1.165, 1.54) is 12.1 Å². The Morgan fingerprint density at radius 3 is 2.63 bits per heavy atom. The zero-order valence-electron chi connectivity index (χ0n) is 14.2. The third kappa shape index (κ3) is 3.61. The first-order chi connectivity index (χ1) is 13.0. The van der Waals surface area contributed by atoms with E-state index >= 15 is 0 Å². The fourth-order valence-electron chi connectivity index (χ4n) is 3.23. The molecule has 138 valence electrons. The summed E-state index contributed by atoms with van der Waals surface area (Å²) in [7, 11) is 0. The fraction of sp³-hybridized carbons (Fsp3) is 0.211. The number of hydrogen-bond donors (Lipinski definition) is 0. The lowest BCUT2D eigenvalue weighted by atomic mass is 10.1. The molecule has 3 aromatic rings. The summed E-state index contributed by atoms with van der Waals surface area (Å²) >= 11 is 9.44. The quantitative estimate of drug-likeness (QED) is 0.590. The zero-order valence-corrected chi connectivity index (χ0v) is 16.5. The smallest absolute Gasteiger partial charge is 0.255 e. The molecule has 0 bridgehead atoms. The molecule has 4 rings (SSSR count). The molecule has 1 aromatic carbocycles. The summed E-state index contributed by atoms with van der Waals surface area (Å²) in [5.74, 6) is -0.633. The Morgan fingerprint density at radius 2 is 1.89 bits per heavy atom. The standard InChI is InChI=1S/C19H15BrClFN4O/c20-12-9-16-18(24-11-12)17(3-4-23-16)25-5-7-26(8-6-25)19(27)14-2-1-13(22)10-15(14)21/h1-4,9-11H,5-8H2. The molecule has 0 N–H and O–H groups in total. The summed E-state index contributed by atoms with van der Waals surface area (Å²) in [4.78, 5) is 25.5. The van der Waals surface area contributed by atoms with Crippen LogP contribution in [0.4, 0.5) is 10.1 Å². The van der Waals surface area contributed by atoms with Crippen LogP contribution in [-0.4, -0.2) is 47.0 Å². The molecule has 8 heteroatoms. The van der Waals surface area contributed by atoms with Crippen molar-refractivity contribution in [1.29, 1.82) is 0 Å². The Labute approximate surface area is 168 Å². The number of benzene rings is 1. The summed E-state index contributed by atoms with van der Waals surface area (Å²) in [5, 5.41) is 0.136. The van der Waals surface area contributed by atoms with Crippen LogP contribution in [0.2, 0.25) is 5.02 Å². The second-order valence-corrected chi connectivity index (χ2v) is 7.58. The van der Waals surface area contributed by atoms with Gasteiger partial charge in [-0.1, -0.05) is 11.6 Å². The van der Waals surface area contributed by atoms with E-state index in [1.807, 2.05) is 12.1 Å². The number of aromatic nitrogens is 2. The lowest BCUT2D eigenvalue weighted by Gasteiger charge is -2.36. The van der Waals surface area contributed by atoms with Crippen molar-refractivity contribution in [2.45, 2.75) is 0 Å². The minimum atomic E-state index is -0.454. The molecule has 1 saturated heterocycles. The van der Waals surface area contributed by atoms with Crippen LogP contribution in [0.25, 0.3) is 11.0 Å². The average molecular weight is 450 g/mol. The molecule has 3 heterocycles. The maximum atomic E-state index is 13.2. The molecule has 1 amide bonds. The average Bonchev–Trinajstić information content (AvgIpc) is 2.67. The molecule has 5 nitrogen and oxygen atoms in total. The first-order valence-electron chi connectivity index (χ1n) is 8.42. The van der Waals surface area contributed by atoms with Crippen LogP contribution in [-0.2, 0) is 0 Å². The largest absolute Gasteiger partial charge is 0.366 e. The summed E-state index contributed by atoms with van der Waals surface area (Å²) < 4.78 is 14.1. The number of pyridine rings is 2. The van der Waals surface area contributed by atoms with Crippen molar-refractivity contribution in [2.24, 2.45) is 0 Å². The van der Waals surface area contributed by atoms with Crippen LogP contribution < -0.4 is 4.90 Å². The summed E-state index contributed by atoms with van der Waals surface area (Å²) in [5.41, 5.74) is 2.98. The zero-order chi connectivity index (χ0) is 19.0. The van der Waals surface area contributed by atoms with Crippen LogP contribution in [0.15, 0.2) is 47.2 Å². The Bertz CT molecular complexity index is 1020. The van der Waals surface area contributed by atoms with Gasteiger partial charge in [-0.25, -0.2) is 4.39 Å². The molecule has 0 saturated carbocycles. The van der Waals surface area contributed by atoms with Gasteiger partial charge in [0.25, 0.3) is 5.91 Å². The van der Waals surface area contributed by atoms with E-state index in [9.17, 15) is 9.18 Å². The fourth-order valence-corrected chi connectivity index (χ4v) is 3.80.